The third-order valence-electron chi connectivity index (χ3n) is 13.8. The standard InChI is InChI=1S/C59H86N6O12/c1-16-20-45-33-60-65(35-45)34-44-25-23-43(24-26-44)32-51-55(69)64(15)47(28-37(4)5)57(71)75-40(10)52(66)61(12)48(29-38(6)7)58(72)76-50(31-42-21-18-17-19-22-42)54(68)63(14)46(27-36(2)3)56(70)74-41(11)53(67)62(13)49(30-39(8)9)59(73)77-51/h17-19,21-26,33,35-41,46-51H,16,20,27-32,34H2,1-15H3/t40-,41-,46+,47+,48+,49+,50-,51-/m1/s1. The van der Waals surface area contributed by atoms with E-state index in [0.717, 1.165) is 38.7 Å². The number of likely N-dealkylation sites (N-methyl/N-ethyl adjacent to an activating group) is 4. The number of benzene rings is 2. The van der Waals surface area contributed by atoms with E-state index in [1.165, 1.54) is 46.9 Å². The first-order valence-electron chi connectivity index (χ1n) is 27.2. The van der Waals surface area contributed by atoms with E-state index < -0.39 is 96.1 Å². The van der Waals surface area contributed by atoms with Crippen molar-refractivity contribution in [2.24, 2.45) is 23.7 Å². The monoisotopic (exact) mass is 1070 g/mol. The van der Waals surface area contributed by atoms with Crippen molar-refractivity contribution in [3.05, 3.63) is 89.2 Å². The molecule has 0 radical (unpaired) electrons. The van der Waals surface area contributed by atoms with Crippen molar-refractivity contribution < 1.29 is 57.3 Å². The van der Waals surface area contributed by atoms with Gasteiger partial charge in [0, 0.05) is 47.2 Å². The van der Waals surface area contributed by atoms with Crippen LogP contribution in [0.3, 0.4) is 0 Å². The number of rotatable bonds is 16. The van der Waals surface area contributed by atoms with Crippen molar-refractivity contribution in [2.45, 2.75) is 183 Å². The fraction of sp³-hybridized carbons (Fsp3) is 0.610. The fourth-order valence-corrected chi connectivity index (χ4v) is 9.40. The molecule has 0 bridgehead atoms. The second-order valence-electron chi connectivity index (χ2n) is 22.4. The zero-order chi connectivity index (χ0) is 57.4. The number of esters is 4. The highest BCUT2D eigenvalue weighted by Crippen LogP contribution is 2.24. The summed E-state index contributed by atoms with van der Waals surface area (Å²) >= 11 is 0. The number of aromatic nitrogens is 2. The average Bonchev–Trinajstić information content (AvgIpc) is 3.82. The molecule has 18 heteroatoms. The Balaban J connectivity index is 1.85. The highest BCUT2D eigenvalue weighted by atomic mass is 16.6. The second kappa shape index (κ2) is 29.2. The molecule has 18 nitrogen and oxygen atoms in total. The van der Waals surface area contributed by atoms with Crippen LogP contribution in [0, 0.1) is 23.7 Å². The Hall–Kier alpha value is -6.59. The fourth-order valence-electron chi connectivity index (χ4n) is 9.40. The smallest absolute Gasteiger partial charge is 0.329 e. The van der Waals surface area contributed by atoms with Crippen LogP contribution >= 0.6 is 0 Å². The number of amides is 4. The Morgan fingerprint density at radius 2 is 0.792 bits per heavy atom. The molecule has 3 aromatic rings. The largest absolute Gasteiger partial charge is 0.451 e. The van der Waals surface area contributed by atoms with Crippen LogP contribution in [0.15, 0.2) is 67.0 Å². The van der Waals surface area contributed by atoms with Gasteiger partial charge in [-0.2, -0.15) is 5.10 Å². The van der Waals surface area contributed by atoms with E-state index >= 15 is 0 Å². The molecule has 2 aromatic carbocycles. The van der Waals surface area contributed by atoms with Gasteiger partial charge in [0.05, 0.1) is 12.7 Å². The minimum atomic E-state index is -1.52. The molecule has 0 N–H and O–H groups in total. The lowest BCUT2D eigenvalue weighted by atomic mass is 9.99. The molecule has 1 fully saturated rings. The van der Waals surface area contributed by atoms with Crippen LogP contribution < -0.4 is 0 Å². The zero-order valence-electron chi connectivity index (χ0n) is 48.2. The minimum Gasteiger partial charge on any atom is -0.451 e. The number of ether oxygens (including phenoxy) is 4. The summed E-state index contributed by atoms with van der Waals surface area (Å²) < 4.78 is 25.9. The molecule has 1 aliphatic rings. The van der Waals surface area contributed by atoms with Crippen LogP contribution in [0.5, 0.6) is 0 Å². The first-order valence-corrected chi connectivity index (χ1v) is 27.2. The highest BCUT2D eigenvalue weighted by molar-refractivity contribution is 5.94. The lowest BCUT2D eigenvalue weighted by molar-refractivity contribution is -0.176. The Morgan fingerprint density at radius 1 is 0.455 bits per heavy atom. The summed E-state index contributed by atoms with van der Waals surface area (Å²) in [4.78, 5) is 121. The number of cyclic esters (lactones) is 4. The lowest BCUT2D eigenvalue weighted by Gasteiger charge is -2.35. The minimum absolute atomic E-state index is 0.0877. The summed E-state index contributed by atoms with van der Waals surface area (Å²) in [6.45, 7) is 20.2. The van der Waals surface area contributed by atoms with E-state index in [1.54, 1.807) is 30.3 Å². The normalized spacial score (nSPS) is 23.7. The lowest BCUT2D eigenvalue weighted by Crippen LogP contribution is -2.55. The molecule has 77 heavy (non-hydrogen) atoms. The Morgan fingerprint density at radius 3 is 1.16 bits per heavy atom. The summed E-state index contributed by atoms with van der Waals surface area (Å²) in [7, 11) is 5.59. The van der Waals surface area contributed by atoms with Crippen LogP contribution in [0.2, 0.25) is 0 Å². The van der Waals surface area contributed by atoms with Gasteiger partial charge in [0.1, 0.15) is 24.2 Å². The van der Waals surface area contributed by atoms with Gasteiger partial charge < -0.3 is 38.5 Å². The predicted octanol–water partition coefficient (Wildman–Crippen LogP) is 6.86. The van der Waals surface area contributed by atoms with Crippen LogP contribution in [0.1, 0.15) is 131 Å². The van der Waals surface area contributed by atoms with E-state index in [4.69, 9.17) is 18.9 Å². The van der Waals surface area contributed by atoms with Gasteiger partial charge in [-0.05, 0) is 91.9 Å². The summed E-state index contributed by atoms with van der Waals surface area (Å²) in [5, 5.41) is 4.49. The first kappa shape index (κ1) is 62.9. The zero-order valence-corrected chi connectivity index (χ0v) is 48.2. The van der Waals surface area contributed by atoms with E-state index in [0.29, 0.717) is 17.7 Å². The number of nitrogens with zero attached hydrogens (tertiary/aromatic N) is 6. The SMILES string of the molecule is CCCc1cnn(Cc2ccc(C[C@H]3OC(=O)[C@H](CC(C)C)N(C)C(=O)[C@@H](C)OC(=O)[C@H](CC(C)C)N(C)C(=O)[C@@H](Cc4ccccc4)OC(=O)[C@H](CC(C)C)N(C)C(=O)[C@@H](C)OC(=O)[C@H](CC(C)C)N(C)C3=O)cc2)c1. The van der Waals surface area contributed by atoms with Crippen LogP contribution in [0.25, 0.3) is 0 Å². The predicted molar refractivity (Wildman–Crippen MR) is 291 cm³/mol. The summed E-state index contributed by atoms with van der Waals surface area (Å²) in [5.74, 6) is -7.26. The summed E-state index contributed by atoms with van der Waals surface area (Å²) in [6, 6.07) is 11.2. The van der Waals surface area contributed by atoms with E-state index in [2.05, 4.69) is 12.0 Å². The molecular weight excluding hydrogens is 985 g/mol. The highest BCUT2D eigenvalue weighted by Gasteiger charge is 2.43. The van der Waals surface area contributed by atoms with Gasteiger partial charge in [-0.15, -0.1) is 0 Å². The maximum Gasteiger partial charge on any atom is 0.329 e. The number of hydrogen-bond donors (Lipinski definition) is 0. The topological polar surface area (TPSA) is 204 Å². The molecule has 0 unspecified atom stereocenters. The molecule has 1 saturated heterocycles. The Labute approximate surface area is 456 Å². The van der Waals surface area contributed by atoms with E-state index in [1.807, 2.05) is 96.7 Å². The van der Waals surface area contributed by atoms with Crippen molar-refractivity contribution in [2.75, 3.05) is 28.2 Å². The average molecular weight is 1070 g/mol. The van der Waals surface area contributed by atoms with Crippen LogP contribution in [-0.2, 0) is 83.1 Å². The molecule has 0 aliphatic carbocycles. The number of carbonyl (C=O) groups excluding carboxylic acids is 8. The molecule has 0 saturated carbocycles. The molecule has 0 spiro atoms. The number of aryl methyl sites for hydroxylation is 1. The van der Waals surface area contributed by atoms with Gasteiger partial charge in [-0.1, -0.05) is 123 Å². The number of carbonyl (C=O) groups is 8. The molecule has 2 heterocycles. The van der Waals surface area contributed by atoms with Gasteiger partial charge in [-0.25, -0.2) is 19.2 Å². The maximum absolute atomic E-state index is 15.0. The third-order valence-corrected chi connectivity index (χ3v) is 13.8. The second-order valence-corrected chi connectivity index (χ2v) is 22.4. The van der Waals surface area contributed by atoms with E-state index in [-0.39, 0.29) is 62.2 Å². The van der Waals surface area contributed by atoms with Crippen molar-refractivity contribution in [1.82, 2.24) is 29.4 Å². The van der Waals surface area contributed by atoms with Gasteiger partial charge in [0.2, 0.25) is 0 Å². The molecule has 4 amide bonds. The molecule has 4 rings (SSSR count). The quantitative estimate of drug-likeness (QED) is 0.106. The van der Waals surface area contributed by atoms with E-state index in [9.17, 15) is 38.4 Å². The van der Waals surface area contributed by atoms with Crippen molar-refractivity contribution >= 4 is 47.5 Å². The first-order chi connectivity index (χ1) is 36.2. The maximum atomic E-state index is 15.0. The van der Waals surface area contributed by atoms with Crippen LogP contribution in [0.4, 0.5) is 0 Å². The summed E-state index contributed by atoms with van der Waals surface area (Å²) in [6.07, 6.45) is -0.00248. The number of hydrogen-bond acceptors (Lipinski definition) is 13. The van der Waals surface area contributed by atoms with Gasteiger partial charge >= 0.3 is 23.9 Å². The third kappa shape index (κ3) is 18.3. The van der Waals surface area contributed by atoms with Crippen molar-refractivity contribution in [1.29, 1.82) is 0 Å². The van der Waals surface area contributed by atoms with Gasteiger partial charge in [0.15, 0.2) is 24.4 Å². The van der Waals surface area contributed by atoms with Crippen LogP contribution in [-0.4, -0.2) is 154 Å². The van der Waals surface area contributed by atoms with Gasteiger partial charge in [-0.3, -0.25) is 23.9 Å². The molecule has 1 aromatic heterocycles. The van der Waals surface area contributed by atoms with Crippen molar-refractivity contribution in [3.8, 4) is 0 Å². The van der Waals surface area contributed by atoms with Crippen molar-refractivity contribution in [3.63, 3.8) is 0 Å². The molecule has 1 aliphatic heterocycles. The molecule has 424 valence electrons. The Bertz CT molecular complexity index is 2440. The Kier molecular flexibility index (Phi) is 23.9. The summed E-state index contributed by atoms with van der Waals surface area (Å²) in [5.41, 5.74) is 3.34. The molecular formula is C59H86N6O12. The van der Waals surface area contributed by atoms with Gasteiger partial charge in [0.25, 0.3) is 23.6 Å². The molecule has 8 atom stereocenters.